The summed E-state index contributed by atoms with van der Waals surface area (Å²) >= 11 is 0. The lowest BCUT2D eigenvalue weighted by Gasteiger charge is -2.27. The van der Waals surface area contributed by atoms with Crippen LogP contribution in [0.3, 0.4) is 0 Å². The Hall–Kier alpha value is -0.530. The molecule has 0 aromatic rings. The lowest BCUT2D eigenvalue weighted by molar-refractivity contribution is -0.136. The Balaban J connectivity index is 4.45. The van der Waals surface area contributed by atoms with Crippen LogP contribution in [0.2, 0.25) is 0 Å². The molecule has 0 saturated heterocycles. The third kappa shape index (κ3) is 7.03. The Morgan fingerprint density at radius 3 is 1.61 bits per heavy atom. The molecule has 0 fully saturated rings. The predicted octanol–water partition coefficient (Wildman–Crippen LogP) is 4.63. The van der Waals surface area contributed by atoms with Gasteiger partial charge in [-0.15, -0.1) is 0 Å². The van der Waals surface area contributed by atoms with Crippen LogP contribution in [0.25, 0.3) is 0 Å². The van der Waals surface area contributed by atoms with Crippen LogP contribution in [-0.4, -0.2) is 23.9 Å². The summed E-state index contributed by atoms with van der Waals surface area (Å²) in [7, 11) is 0. The maximum atomic E-state index is 12.6. The second-order valence-corrected chi connectivity index (χ2v) is 5.31. The first kappa shape index (κ1) is 17.5. The fourth-order valence-corrected chi connectivity index (χ4v) is 2.38. The van der Waals surface area contributed by atoms with Crippen molar-refractivity contribution in [1.82, 2.24) is 4.90 Å². The Labute approximate surface area is 114 Å². The summed E-state index contributed by atoms with van der Waals surface area (Å²) in [5.74, 6) is 0.689. The largest absolute Gasteiger partial charge is 0.342 e. The van der Waals surface area contributed by atoms with Crippen molar-refractivity contribution in [2.24, 2.45) is 5.92 Å². The number of hydrogen-bond acceptors (Lipinski definition) is 1. The molecule has 0 N–H and O–H groups in total. The zero-order valence-corrected chi connectivity index (χ0v) is 13.0. The average molecular weight is 255 g/mol. The SMILES string of the molecule is CCCCN(CCCC)C(=O)C(CCC)CCC. The van der Waals surface area contributed by atoms with Crippen LogP contribution in [0.4, 0.5) is 0 Å². The molecule has 0 unspecified atom stereocenters. The molecule has 2 heteroatoms. The molecular weight excluding hydrogens is 222 g/mol. The molecule has 0 aromatic heterocycles. The maximum absolute atomic E-state index is 12.6. The summed E-state index contributed by atoms with van der Waals surface area (Å²) in [6.07, 6.45) is 8.96. The van der Waals surface area contributed by atoms with E-state index in [1.807, 2.05) is 0 Å². The van der Waals surface area contributed by atoms with E-state index < -0.39 is 0 Å². The number of carbonyl (C=O) groups excluding carboxylic acids is 1. The van der Waals surface area contributed by atoms with Gasteiger partial charge in [0.1, 0.15) is 0 Å². The van der Waals surface area contributed by atoms with E-state index in [2.05, 4.69) is 32.6 Å². The Kier molecular flexibility index (Phi) is 11.2. The molecule has 0 heterocycles. The van der Waals surface area contributed by atoms with Gasteiger partial charge in [0, 0.05) is 19.0 Å². The zero-order chi connectivity index (χ0) is 13.8. The quantitative estimate of drug-likeness (QED) is 0.527. The standard InChI is InChI=1S/C16H33NO/c1-5-9-13-17(14-10-6-2)16(18)15(11-7-3)12-8-4/h15H,5-14H2,1-4H3. The van der Waals surface area contributed by atoms with E-state index in [4.69, 9.17) is 0 Å². The molecule has 0 bridgehead atoms. The van der Waals surface area contributed by atoms with Gasteiger partial charge in [0.15, 0.2) is 0 Å². The van der Waals surface area contributed by atoms with Crippen LogP contribution in [0.5, 0.6) is 0 Å². The van der Waals surface area contributed by atoms with Gasteiger partial charge in [0.05, 0.1) is 0 Å². The molecule has 0 spiro atoms. The maximum Gasteiger partial charge on any atom is 0.225 e. The minimum Gasteiger partial charge on any atom is -0.342 e. The molecule has 108 valence electrons. The Bertz CT molecular complexity index is 189. The van der Waals surface area contributed by atoms with Gasteiger partial charge < -0.3 is 4.90 Å². The van der Waals surface area contributed by atoms with Crippen molar-refractivity contribution >= 4 is 5.91 Å². The van der Waals surface area contributed by atoms with E-state index >= 15 is 0 Å². The van der Waals surface area contributed by atoms with Gasteiger partial charge in [-0.2, -0.15) is 0 Å². The summed E-state index contributed by atoms with van der Waals surface area (Å²) in [6.45, 7) is 10.7. The monoisotopic (exact) mass is 255 g/mol. The molecule has 0 rings (SSSR count). The van der Waals surface area contributed by atoms with Gasteiger partial charge in [-0.1, -0.05) is 53.4 Å². The summed E-state index contributed by atoms with van der Waals surface area (Å²) in [4.78, 5) is 14.7. The minimum absolute atomic E-state index is 0.272. The molecule has 18 heavy (non-hydrogen) atoms. The highest BCUT2D eigenvalue weighted by atomic mass is 16.2. The normalized spacial score (nSPS) is 10.9. The van der Waals surface area contributed by atoms with Crippen LogP contribution in [0.15, 0.2) is 0 Å². The van der Waals surface area contributed by atoms with Gasteiger partial charge in [-0.25, -0.2) is 0 Å². The highest BCUT2D eigenvalue weighted by Crippen LogP contribution is 2.17. The second kappa shape index (κ2) is 11.6. The highest BCUT2D eigenvalue weighted by Gasteiger charge is 2.22. The zero-order valence-electron chi connectivity index (χ0n) is 13.0. The summed E-state index contributed by atoms with van der Waals surface area (Å²) < 4.78 is 0. The average Bonchev–Trinajstić information content (AvgIpc) is 2.38. The van der Waals surface area contributed by atoms with Crippen LogP contribution in [0, 0.1) is 5.92 Å². The summed E-state index contributed by atoms with van der Waals surface area (Å²) in [5.41, 5.74) is 0. The third-order valence-electron chi connectivity index (χ3n) is 3.50. The van der Waals surface area contributed by atoms with Gasteiger partial charge in [0.2, 0.25) is 5.91 Å². The van der Waals surface area contributed by atoms with Crippen molar-refractivity contribution in [2.45, 2.75) is 79.1 Å². The third-order valence-corrected chi connectivity index (χ3v) is 3.50. The van der Waals surface area contributed by atoms with E-state index in [-0.39, 0.29) is 5.92 Å². The van der Waals surface area contributed by atoms with E-state index in [0.717, 1.165) is 51.6 Å². The minimum atomic E-state index is 0.272. The van der Waals surface area contributed by atoms with Gasteiger partial charge >= 0.3 is 0 Å². The summed E-state index contributed by atoms with van der Waals surface area (Å²) in [5, 5.41) is 0. The van der Waals surface area contributed by atoms with E-state index in [1.54, 1.807) is 0 Å². The van der Waals surface area contributed by atoms with E-state index in [0.29, 0.717) is 5.91 Å². The van der Waals surface area contributed by atoms with Crippen LogP contribution in [0.1, 0.15) is 79.1 Å². The number of carbonyl (C=O) groups is 1. The molecule has 0 aromatic carbocycles. The van der Waals surface area contributed by atoms with Gasteiger partial charge in [0.25, 0.3) is 0 Å². The molecule has 0 saturated carbocycles. The van der Waals surface area contributed by atoms with E-state index in [1.165, 1.54) is 12.8 Å². The molecule has 0 atom stereocenters. The van der Waals surface area contributed by atoms with E-state index in [9.17, 15) is 4.79 Å². The predicted molar refractivity (Wildman–Crippen MR) is 79.7 cm³/mol. The molecule has 1 amide bonds. The number of amides is 1. The topological polar surface area (TPSA) is 20.3 Å². The van der Waals surface area contributed by atoms with Crippen molar-refractivity contribution in [2.75, 3.05) is 13.1 Å². The molecule has 0 aliphatic heterocycles. The molecule has 0 aliphatic carbocycles. The molecule has 2 nitrogen and oxygen atoms in total. The lowest BCUT2D eigenvalue weighted by atomic mass is 9.96. The highest BCUT2D eigenvalue weighted by molar-refractivity contribution is 5.78. The first-order valence-electron chi connectivity index (χ1n) is 7.99. The smallest absolute Gasteiger partial charge is 0.225 e. The van der Waals surface area contributed by atoms with Crippen LogP contribution in [-0.2, 0) is 4.79 Å². The summed E-state index contributed by atoms with van der Waals surface area (Å²) in [6, 6.07) is 0. The second-order valence-electron chi connectivity index (χ2n) is 5.31. The fourth-order valence-electron chi connectivity index (χ4n) is 2.38. The Morgan fingerprint density at radius 2 is 1.28 bits per heavy atom. The Morgan fingerprint density at radius 1 is 0.833 bits per heavy atom. The van der Waals surface area contributed by atoms with Crippen molar-refractivity contribution in [3.05, 3.63) is 0 Å². The van der Waals surface area contributed by atoms with Gasteiger partial charge in [-0.3, -0.25) is 4.79 Å². The number of unbranched alkanes of at least 4 members (excludes halogenated alkanes) is 2. The fraction of sp³-hybridized carbons (Fsp3) is 0.938. The van der Waals surface area contributed by atoms with Gasteiger partial charge in [-0.05, 0) is 25.7 Å². The lowest BCUT2D eigenvalue weighted by Crippen LogP contribution is -2.37. The number of rotatable bonds is 11. The molecular formula is C16H33NO. The van der Waals surface area contributed by atoms with Crippen LogP contribution < -0.4 is 0 Å². The number of hydrogen-bond donors (Lipinski definition) is 0. The molecule has 0 radical (unpaired) electrons. The number of nitrogens with zero attached hydrogens (tertiary/aromatic N) is 1. The van der Waals surface area contributed by atoms with Crippen LogP contribution >= 0.6 is 0 Å². The molecule has 0 aliphatic rings. The first-order chi connectivity index (χ1) is 8.71. The van der Waals surface area contributed by atoms with Crippen molar-refractivity contribution in [3.63, 3.8) is 0 Å². The van der Waals surface area contributed by atoms with Crippen molar-refractivity contribution in [3.8, 4) is 0 Å². The van der Waals surface area contributed by atoms with Crippen molar-refractivity contribution in [1.29, 1.82) is 0 Å². The van der Waals surface area contributed by atoms with Crippen molar-refractivity contribution < 1.29 is 4.79 Å². The first-order valence-corrected chi connectivity index (χ1v) is 7.99.